The van der Waals surface area contributed by atoms with E-state index in [1.165, 1.54) is 0 Å². The Labute approximate surface area is 134 Å². The highest BCUT2D eigenvalue weighted by molar-refractivity contribution is 7.90. The van der Waals surface area contributed by atoms with Crippen molar-refractivity contribution in [1.82, 2.24) is 4.72 Å². The molecule has 0 aliphatic heterocycles. The lowest BCUT2D eigenvalue weighted by Gasteiger charge is -2.26. The van der Waals surface area contributed by atoms with E-state index in [1.54, 1.807) is 0 Å². The van der Waals surface area contributed by atoms with Crippen LogP contribution >= 0.6 is 0 Å². The third kappa shape index (κ3) is 2.86. The average molecular weight is 315 g/mol. The second kappa shape index (κ2) is 5.61. The van der Waals surface area contributed by atoms with Gasteiger partial charge < -0.3 is 8.97 Å². The molecule has 0 spiro atoms. The van der Waals surface area contributed by atoms with Crippen molar-refractivity contribution in [2.75, 3.05) is 0 Å². The Bertz CT molecular complexity index is 804. The Morgan fingerprint density at radius 3 is 2.45 bits per heavy atom. The summed E-state index contributed by atoms with van der Waals surface area (Å²) in [6, 6.07) is 14.2. The molecule has 22 heavy (non-hydrogen) atoms. The van der Waals surface area contributed by atoms with Gasteiger partial charge in [-0.3, -0.25) is 0 Å². The molecule has 2 atom stereocenters. The zero-order chi connectivity index (χ0) is 15.9. The molecule has 116 valence electrons. The van der Waals surface area contributed by atoms with Crippen LogP contribution in [0.2, 0.25) is 0 Å². The van der Waals surface area contributed by atoms with Gasteiger partial charge in [-0.1, -0.05) is 24.3 Å². The minimum atomic E-state index is -1.09. The Kier molecular flexibility index (Phi) is 3.93. The van der Waals surface area contributed by atoms with E-state index in [0.717, 1.165) is 27.5 Å². The Morgan fingerprint density at radius 1 is 1.05 bits per heavy atom. The molecule has 0 radical (unpaired) electrons. The largest absolute Gasteiger partial charge is 0.598 e. The average Bonchev–Trinajstić information content (AvgIpc) is 2.83. The summed E-state index contributed by atoms with van der Waals surface area (Å²) in [6.45, 7) is 7.94. The van der Waals surface area contributed by atoms with E-state index in [1.807, 2.05) is 58.0 Å². The number of nitrogens with one attached hydrogen (secondary N) is 1. The maximum absolute atomic E-state index is 12.3. The first-order chi connectivity index (χ1) is 10.4. The number of fused-ring (bicyclic) bond motifs is 3. The molecule has 0 aliphatic carbocycles. The third-order valence-electron chi connectivity index (χ3n) is 3.74. The van der Waals surface area contributed by atoms with Gasteiger partial charge in [-0.15, -0.1) is 4.72 Å². The van der Waals surface area contributed by atoms with E-state index in [9.17, 15) is 4.55 Å². The molecule has 0 amide bonds. The minimum absolute atomic E-state index is 0.0121. The van der Waals surface area contributed by atoms with Gasteiger partial charge in [0.1, 0.15) is 15.9 Å². The summed E-state index contributed by atoms with van der Waals surface area (Å²) in [5.41, 5.74) is 2.89. The predicted molar refractivity (Wildman–Crippen MR) is 93.2 cm³/mol. The summed E-state index contributed by atoms with van der Waals surface area (Å²) in [4.78, 5) is 0. The maximum Gasteiger partial charge on any atom is 0.136 e. The summed E-state index contributed by atoms with van der Waals surface area (Å²) in [5, 5.41) is 2.21. The topological polar surface area (TPSA) is 48.2 Å². The summed E-state index contributed by atoms with van der Waals surface area (Å²) < 4.78 is 21.0. The highest BCUT2D eigenvalue weighted by Gasteiger charge is 2.28. The van der Waals surface area contributed by atoms with Gasteiger partial charge in [0.25, 0.3) is 0 Å². The van der Waals surface area contributed by atoms with Gasteiger partial charge in [-0.25, -0.2) is 0 Å². The van der Waals surface area contributed by atoms with Crippen molar-refractivity contribution < 1.29 is 8.97 Å². The molecule has 0 saturated heterocycles. The molecule has 0 bridgehead atoms. The summed E-state index contributed by atoms with van der Waals surface area (Å²) in [5.74, 6) is 0. The van der Waals surface area contributed by atoms with Gasteiger partial charge in [0.05, 0.1) is 6.04 Å². The lowest BCUT2D eigenvalue weighted by atomic mass is 10.1. The van der Waals surface area contributed by atoms with Crippen LogP contribution in [0.5, 0.6) is 0 Å². The molecular weight excluding hydrogens is 294 g/mol. The van der Waals surface area contributed by atoms with Crippen LogP contribution in [0.4, 0.5) is 0 Å². The zero-order valence-electron chi connectivity index (χ0n) is 13.3. The van der Waals surface area contributed by atoms with E-state index in [2.05, 4.69) is 16.9 Å². The second-order valence-corrected chi connectivity index (χ2v) is 8.57. The van der Waals surface area contributed by atoms with E-state index >= 15 is 0 Å². The fourth-order valence-corrected chi connectivity index (χ4v) is 3.23. The quantitative estimate of drug-likeness (QED) is 0.713. The lowest BCUT2D eigenvalue weighted by Crippen LogP contribution is -2.40. The SMILES string of the molecule is C[C@H](N[S+]([O-])C(C)(C)C)c1ccc2oc3ccccc3c2c1. The van der Waals surface area contributed by atoms with Crippen molar-refractivity contribution in [2.24, 2.45) is 0 Å². The molecule has 1 N–H and O–H groups in total. The van der Waals surface area contributed by atoms with Crippen LogP contribution in [0.3, 0.4) is 0 Å². The van der Waals surface area contributed by atoms with Crippen molar-refractivity contribution in [3.63, 3.8) is 0 Å². The molecule has 1 unspecified atom stereocenters. The first-order valence-electron chi connectivity index (χ1n) is 7.45. The summed E-state index contributed by atoms with van der Waals surface area (Å²) in [7, 11) is 0. The van der Waals surface area contributed by atoms with Crippen LogP contribution in [-0.2, 0) is 11.4 Å². The van der Waals surface area contributed by atoms with Crippen molar-refractivity contribution in [1.29, 1.82) is 0 Å². The third-order valence-corrected chi connectivity index (χ3v) is 5.42. The number of rotatable bonds is 3. The van der Waals surface area contributed by atoms with Crippen molar-refractivity contribution in [2.45, 2.75) is 38.5 Å². The van der Waals surface area contributed by atoms with Crippen LogP contribution in [-0.4, -0.2) is 9.30 Å². The molecule has 3 nitrogen and oxygen atoms in total. The molecular formula is C18H21NO2S. The van der Waals surface area contributed by atoms with Crippen molar-refractivity contribution in [3.8, 4) is 0 Å². The molecule has 1 aromatic heterocycles. The first kappa shape index (κ1) is 15.4. The molecule has 1 heterocycles. The van der Waals surface area contributed by atoms with E-state index in [4.69, 9.17) is 4.42 Å². The maximum atomic E-state index is 12.3. The standard InChI is InChI=1S/C18H21NO2S/c1-12(19-22(20)18(2,3)4)13-9-10-17-15(11-13)14-7-5-6-8-16(14)21-17/h5-12,19H,1-4H3/t12-,22?/m0/s1. The van der Waals surface area contributed by atoms with Crippen LogP contribution in [0.1, 0.15) is 39.3 Å². The van der Waals surface area contributed by atoms with E-state index < -0.39 is 11.4 Å². The van der Waals surface area contributed by atoms with Crippen LogP contribution in [0.15, 0.2) is 46.9 Å². The summed E-state index contributed by atoms with van der Waals surface area (Å²) >= 11 is -1.09. The Balaban J connectivity index is 1.96. The zero-order valence-corrected chi connectivity index (χ0v) is 14.2. The van der Waals surface area contributed by atoms with Gasteiger partial charge in [-0.2, -0.15) is 0 Å². The molecule has 3 aromatic rings. The number of hydrogen-bond donors (Lipinski definition) is 1. The molecule has 0 saturated carbocycles. The predicted octanol–water partition coefficient (Wildman–Crippen LogP) is 4.70. The number of para-hydroxylation sites is 1. The smallest absolute Gasteiger partial charge is 0.136 e. The fourth-order valence-electron chi connectivity index (χ4n) is 2.42. The molecule has 3 rings (SSSR count). The van der Waals surface area contributed by atoms with Gasteiger partial charge in [0.15, 0.2) is 0 Å². The van der Waals surface area contributed by atoms with Gasteiger partial charge in [0, 0.05) is 22.1 Å². The molecule has 4 heteroatoms. The van der Waals surface area contributed by atoms with Gasteiger partial charge in [-0.05, 0) is 51.5 Å². The first-order valence-corrected chi connectivity index (χ1v) is 8.60. The molecule has 2 aromatic carbocycles. The molecule has 0 fully saturated rings. The normalized spacial score (nSPS) is 15.3. The Hall–Kier alpha value is -1.49. The second-order valence-electron chi connectivity index (χ2n) is 6.57. The highest BCUT2D eigenvalue weighted by atomic mass is 32.2. The van der Waals surface area contributed by atoms with E-state index in [0.29, 0.717) is 0 Å². The highest BCUT2D eigenvalue weighted by Crippen LogP contribution is 2.31. The summed E-state index contributed by atoms with van der Waals surface area (Å²) in [6.07, 6.45) is 0. The molecule has 0 aliphatic rings. The van der Waals surface area contributed by atoms with Crippen molar-refractivity contribution >= 4 is 33.3 Å². The van der Waals surface area contributed by atoms with Gasteiger partial charge >= 0.3 is 0 Å². The van der Waals surface area contributed by atoms with Gasteiger partial charge in [0.2, 0.25) is 0 Å². The Morgan fingerprint density at radius 2 is 1.73 bits per heavy atom. The number of benzene rings is 2. The monoisotopic (exact) mass is 315 g/mol. The van der Waals surface area contributed by atoms with Crippen LogP contribution in [0.25, 0.3) is 21.9 Å². The van der Waals surface area contributed by atoms with E-state index in [-0.39, 0.29) is 10.8 Å². The fraction of sp³-hybridized carbons (Fsp3) is 0.333. The number of hydrogen-bond acceptors (Lipinski definition) is 3. The lowest BCUT2D eigenvalue weighted by molar-refractivity contribution is 0.531. The number of furan rings is 1. The van der Waals surface area contributed by atoms with Crippen molar-refractivity contribution in [3.05, 3.63) is 48.0 Å². The van der Waals surface area contributed by atoms with Crippen LogP contribution in [0, 0.1) is 0 Å². The minimum Gasteiger partial charge on any atom is -0.598 e. The van der Waals surface area contributed by atoms with Crippen LogP contribution < -0.4 is 4.72 Å².